The van der Waals surface area contributed by atoms with Gasteiger partial charge in [0.05, 0.1) is 12.2 Å². The summed E-state index contributed by atoms with van der Waals surface area (Å²) in [6.07, 6.45) is 8.80. The van der Waals surface area contributed by atoms with Crippen LogP contribution in [0.25, 0.3) is 11.2 Å². The molecule has 4 rings (SSSR count). The molecule has 14 nitrogen and oxygen atoms in total. The first-order valence-electron chi connectivity index (χ1n) is 16.3. The van der Waals surface area contributed by atoms with E-state index in [4.69, 9.17) is 14.5 Å². The number of hydrogen-bond acceptors (Lipinski definition) is 9. The van der Waals surface area contributed by atoms with Crippen molar-refractivity contribution in [2.24, 2.45) is 5.41 Å². The minimum atomic E-state index is -1.20. The highest BCUT2D eigenvalue weighted by Crippen LogP contribution is 2.30. The van der Waals surface area contributed by atoms with Gasteiger partial charge in [0.25, 0.3) is 11.5 Å². The topological polar surface area (TPSA) is 154 Å². The second-order valence-electron chi connectivity index (χ2n) is 13.6. The first-order valence-corrected chi connectivity index (χ1v) is 16.3. The molecule has 48 heavy (non-hydrogen) atoms. The Kier molecular flexibility index (Phi) is 12.1. The molecule has 1 aliphatic heterocycles. The third-order valence-electron chi connectivity index (χ3n) is 7.97. The van der Waals surface area contributed by atoms with Crippen molar-refractivity contribution in [2.75, 3.05) is 40.1 Å². The maximum atomic E-state index is 13.7. The van der Waals surface area contributed by atoms with E-state index in [0.717, 1.165) is 37.8 Å². The quantitative estimate of drug-likeness (QED) is 0.282. The molecule has 14 heteroatoms. The molecule has 0 saturated carbocycles. The number of nitrogens with zero attached hydrogens (tertiary/aromatic N) is 7. The van der Waals surface area contributed by atoms with E-state index < -0.39 is 23.7 Å². The van der Waals surface area contributed by atoms with Gasteiger partial charge < -0.3 is 29.2 Å². The lowest BCUT2D eigenvalue weighted by Gasteiger charge is -2.25. The highest BCUT2D eigenvalue weighted by atomic mass is 16.6. The van der Waals surface area contributed by atoms with Crippen LogP contribution in [-0.2, 0) is 32.0 Å². The molecule has 4 heterocycles. The standard InChI is InChI=1S/C34H48N8O6/c1-34(2,3)18-17-23-29-30(36-22-35-23)42(28-16-10-11-20-47-28)26(38-29)21-41-19-12-13-24(32(41)45)37-31(44)25(48-33(46)40(6)7)14-8-9-15-27(43)39(4)5/h9,12-13,15,19,22,25,28H,8,10-11,14,16-18,20-21H2,1-7H3,(H,37,44). The van der Waals surface area contributed by atoms with Crippen LogP contribution in [0.5, 0.6) is 0 Å². The SMILES string of the molecule is CN(C)C(=O)C=CCCC(OC(=O)N(C)C)C(=O)Nc1cccn(Cc2nc3c(CCC(C)(C)C)ncnc3n2C2CCCCO2)c1=O. The maximum Gasteiger partial charge on any atom is 0.410 e. The molecule has 1 saturated heterocycles. The normalized spacial score (nSPS) is 15.8. The second-order valence-corrected chi connectivity index (χ2v) is 13.6. The van der Waals surface area contributed by atoms with E-state index in [1.807, 2.05) is 4.57 Å². The number of pyridine rings is 1. The number of likely N-dealkylation sites (N-methyl/N-ethyl adjacent to an activating group) is 1. The Balaban J connectivity index is 1.61. The average molecular weight is 665 g/mol. The van der Waals surface area contributed by atoms with Crippen LogP contribution in [0.4, 0.5) is 10.5 Å². The summed E-state index contributed by atoms with van der Waals surface area (Å²) >= 11 is 0. The van der Waals surface area contributed by atoms with Gasteiger partial charge in [0.2, 0.25) is 5.91 Å². The molecule has 3 amide bonds. The molecule has 260 valence electrons. The zero-order valence-electron chi connectivity index (χ0n) is 29.1. The molecule has 1 aliphatic rings. The summed E-state index contributed by atoms with van der Waals surface area (Å²) in [4.78, 5) is 68.1. The molecule has 2 unspecified atom stereocenters. The van der Waals surface area contributed by atoms with E-state index in [0.29, 0.717) is 23.6 Å². The fourth-order valence-corrected chi connectivity index (χ4v) is 5.19. The summed E-state index contributed by atoms with van der Waals surface area (Å²) in [7, 11) is 6.28. The number of fused-ring (bicyclic) bond motifs is 1. The van der Waals surface area contributed by atoms with Gasteiger partial charge in [-0.3, -0.25) is 19.0 Å². The Morgan fingerprint density at radius 2 is 1.92 bits per heavy atom. The predicted octanol–water partition coefficient (Wildman–Crippen LogP) is 4.14. The van der Waals surface area contributed by atoms with Crippen LogP contribution >= 0.6 is 0 Å². The van der Waals surface area contributed by atoms with Crippen LogP contribution < -0.4 is 10.9 Å². The third-order valence-corrected chi connectivity index (χ3v) is 7.97. The van der Waals surface area contributed by atoms with Gasteiger partial charge in [-0.05, 0) is 68.6 Å². The predicted molar refractivity (Wildman–Crippen MR) is 181 cm³/mol. The molecule has 0 radical (unpaired) electrons. The molecular formula is C34H48N8O6. The number of nitrogens with one attached hydrogen (secondary N) is 1. The second kappa shape index (κ2) is 16.0. The highest BCUT2D eigenvalue weighted by Gasteiger charge is 2.27. The van der Waals surface area contributed by atoms with Crippen LogP contribution in [-0.4, -0.2) is 92.7 Å². The molecule has 1 N–H and O–H groups in total. The van der Waals surface area contributed by atoms with E-state index in [2.05, 4.69) is 36.1 Å². The van der Waals surface area contributed by atoms with Crippen LogP contribution in [0.1, 0.15) is 77.0 Å². The lowest BCUT2D eigenvalue weighted by Crippen LogP contribution is -2.37. The fourth-order valence-electron chi connectivity index (χ4n) is 5.19. The van der Waals surface area contributed by atoms with E-state index >= 15 is 0 Å². The number of hydrogen-bond donors (Lipinski definition) is 1. The minimum Gasteiger partial charge on any atom is -0.436 e. The molecule has 3 aromatic heterocycles. The monoisotopic (exact) mass is 664 g/mol. The number of carbonyl (C=O) groups excluding carboxylic acids is 3. The number of carbonyl (C=O) groups is 3. The van der Waals surface area contributed by atoms with Gasteiger partial charge in [-0.2, -0.15) is 0 Å². The van der Waals surface area contributed by atoms with Crippen molar-refractivity contribution in [2.45, 2.75) is 84.6 Å². The lowest BCUT2D eigenvalue weighted by atomic mass is 9.90. The van der Waals surface area contributed by atoms with Crippen molar-refractivity contribution in [1.29, 1.82) is 0 Å². The number of amides is 3. The number of aromatic nitrogens is 5. The smallest absolute Gasteiger partial charge is 0.410 e. The third kappa shape index (κ3) is 9.49. The number of aryl methyl sites for hydroxylation is 1. The van der Waals surface area contributed by atoms with E-state index in [-0.39, 0.29) is 42.6 Å². The molecule has 0 aliphatic carbocycles. The summed E-state index contributed by atoms with van der Waals surface area (Å²) in [6.45, 7) is 7.27. The van der Waals surface area contributed by atoms with Crippen molar-refractivity contribution < 1.29 is 23.9 Å². The van der Waals surface area contributed by atoms with Gasteiger partial charge in [0.15, 0.2) is 11.8 Å². The van der Waals surface area contributed by atoms with Crippen LogP contribution in [0, 0.1) is 5.41 Å². The Bertz CT molecular complexity index is 1680. The Morgan fingerprint density at radius 1 is 1.15 bits per heavy atom. The number of rotatable bonds is 12. The van der Waals surface area contributed by atoms with Gasteiger partial charge in [0, 0.05) is 41.0 Å². The first-order chi connectivity index (χ1) is 22.7. The highest BCUT2D eigenvalue weighted by molar-refractivity contribution is 5.95. The van der Waals surface area contributed by atoms with Crippen molar-refractivity contribution >= 4 is 34.8 Å². The average Bonchev–Trinajstić information content (AvgIpc) is 3.41. The molecule has 0 aromatic carbocycles. The van der Waals surface area contributed by atoms with Crippen molar-refractivity contribution in [3.63, 3.8) is 0 Å². The molecule has 0 bridgehead atoms. The fraction of sp³-hybridized carbons (Fsp3) is 0.559. The molecule has 2 atom stereocenters. The number of ether oxygens (including phenoxy) is 2. The summed E-state index contributed by atoms with van der Waals surface area (Å²) in [5.41, 5.74) is 1.88. The van der Waals surface area contributed by atoms with Gasteiger partial charge in [-0.15, -0.1) is 0 Å². The minimum absolute atomic E-state index is 0.0222. The van der Waals surface area contributed by atoms with Crippen molar-refractivity contribution in [3.8, 4) is 0 Å². The summed E-state index contributed by atoms with van der Waals surface area (Å²) in [6, 6.07) is 3.16. The molecular weight excluding hydrogens is 616 g/mol. The zero-order chi connectivity index (χ0) is 35.0. The van der Waals surface area contributed by atoms with Crippen molar-refractivity contribution in [1.82, 2.24) is 33.9 Å². The Hall–Kier alpha value is -4.59. The van der Waals surface area contributed by atoms with Crippen LogP contribution in [0.2, 0.25) is 0 Å². The Morgan fingerprint density at radius 3 is 2.58 bits per heavy atom. The van der Waals surface area contributed by atoms with Crippen LogP contribution in [0.15, 0.2) is 41.6 Å². The summed E-state index contributed by atoms with van der Waals surface area (Å²) in [5, 5.41) is 2.65. The first kappa shape index (κ1) is 36.2. The summed E-state index contributed by atoms with van der Waals surface area (Å²) < 4.78 is 15.0. The largest absolute Gasteiger partial charge is 0.436 e. The van der Waals surface area contributed by atoms with Gasteiger partial charge >= 0.3 is 6.09 Å². The molecule has 3 aromatic rings. The number of allylic oxidation sites excluding steroid dienone is 1. The maximum absolute atomic E-state index is 13.7. The molecule has 0 spiro atoms. The van der Waals surface area contributed by atoms with Crippen molar-refractivity contribution in [3.05, 3.63) is 58.7 Å². The number of imidazole rings is 1. The molecule has 1 fully saturated rings. The van der Waals surface area contributed by atoms with Gasteiger partial charge in [-0.1, -0.05) is 26.8 Å². The van der Waals surface area contributed by atoms with E-state index in [1.54, 1.807) is 38.8 Å². The van der Waals surface area contributed by atoms with Gasteiger partial charge in [0.1, 0.15) is 29.6 Å². The summed E-state index contributed by atoms with van der Waals surface area (Å²) in [5.74, 6) is -0.270. The number of anilines is 1. The lowest BCUT2D eigenvalue weighted by molar-refractivity contribution is -0.125. The van der Waals surface area contributed by atoms with E-state index in [1.165, 1.54) is 40.6 Å². The van der Waals surface area contributed by atoms with Gasteiger partial charge in [-0.25, -0.2) is 19.7 Å². The Labute approximate surface area is 281 Å². The van der Waals surface area contributed by atoms with E-state index in [9.17, 15) is 19.2 Å². The zero-order valence-corrected chi connectivity index (χ0v) is 29.1. The van der Waals surface area contributed by atoms with Crippen LogP contribution in [0.3, 0.4) is 0 Å².